The molecule has 3 rings (SSSR count). The van der Waals surface area contributed by atoms with Gasteiger partial charge in [0.25, 0.3) is 11.5 Å². The van der Waals surface area contributed by atoms with Crippen molar-refractivity contribution in [3.8, 4) is 0 Å². The number of halogens is 1. The normalized spacial score (nSPS) is 10.7. The number of carbonyl (C=O) groups excluding carboxylic acids is 2. The molecule has 26 heavy (non-hydrogen) atoms. The lowest BCUT2D eigenvalue weighted by atomic mass is 10.2. The van der Waals surface area contributed by atoms with Gasteiger partial charge in [0, 0.05) is 5.69 Å². The number of aromatic amines is 1. The van der Waals surface area contributed by atoms with Gasteiger partial charge < -0.3 is 15.0 Å². The minimum atomic E-state index is -0.725. The van der Waals surface area contributed by atoms with E-state index in [1.807, 2.05) is 0 Å². The summed E-state index contributed by atoms with van der Waals surface area (Å²) in [5, 5.41) is 2.76. The summed E-state index contributed by atoms with van der Waals surface area (Å²) >= 11 is 1.03. The van der Waals surface area contributed by atoms with Gasteiger partial charge in [-0.05, 0) is 37.6 Å². The molecule has 134 valence electrons. The van der Waals surface area contributed by atoms with E-state index >= 15 is 0 Å². The van der Waals surface area contributed by atoms with Gasteiger partial charge in [-0.1, -0.05) is 6.07 Å². The molecule has 2 aromatic heterocycles. The van der Waals surface area contributed by atoms with Crippen LogP contribution in [0.2, 0.25) is 0 Å². The number of fused-ring (bicyclic) bond motifs is 1. The van der Waals surface area contributed by atoms with E-state index < -0.39 is 24.3 Å². The number of thiophene rings is 1. The third-order valence-corrected chi connectivity index (χ3v) is 4.71. The van der Waals surface area contributed by atoms with Crippen molar-refractivity contribution in [2.45, 2.75) is 13.8 Å². The van der Waals surface area contributed by atoms with Crippen molar-refractivity contribution >= 4 is 39.1 Å². The number of esters is 1. The minimum Gasteiger partial charge on any atom is -0.451 e. The lowest BCUT2D eigenvalue weighted by Gasteiger charge is -2.06. The van der Waals surface area contributed by atoms with E-state index in [1.54, 1.807) is 13.8 Å². The van der Waals surface area contributed by atoms with Crippen LogP contribution >= 0.6 is 11.3 Å². The van der Waals surface area contributed by atoms with Crippen LogP contribution in [0.15, 0.2) is 29.1 Å². The molecule has 1 amide bonds. The van der Waals surface area contributed by atoms with E-state index in [9.17, 15) is 18.8 Å². The van der Waals surface area contributed by atoms with Crippen molar-refractivity contribution in [1.82, 2.24) is 9.97 Å². The second-order valence-corrected chi connectivity index (χ2v) is 6.52. The van der Waals surface area contributed by atoms with Crippen LogP contribution in [0.5, 0.6) is 0 Å². The van der Waals surface area contributed by atoms with Gasteiger partial charge >= 0.3 is 5.97 Å². The van der Waals surface area contributed by atoms with Gasteiger partial charge in [0.1, 0.15) is 21.3 Å². The molecule has 1 aromatic carbocycles. The van der Waals surface area contributed by atoms with Crippen LogP contribution in [0.4, 0.5) is 10.1 Å². The average Bonchev–Trinajstić information content (AvgIpc) is 2.89. The summed E-state index contributed by atoms with van der Waals surface area (Å²) in [7, 11) is 0. The fourth-order valence-corrected chi connectivity index (χ4v) is 3.53. The van der Waals surface area contributed by atoms with E-state index in [2.05, 4.69) is 15.3 Å². The van der Waals surface area contributed by atoms with Crippen molar-refractivity contribution in [3.63, 3.8) is 0 Å². The Morgan fingerprint density at radius 2 is 2.12 bits per heavy atom. The van der Waals surface area contributed by atoms with Gasteiger partial charge in [0.05, 0.1) is 5.39 Å². The standard InChI is InChI=1S/C17H14FN3O4S/c1-8-13-15(23)19-9(2)20-16(13)26-14(8)17(24)25-7-12(22)21-11-5-3-4-10(18)6-11/h3-6H,7H2,1-2H3,(H,21,22)(H,19,20,23). The van der Waals surface area contributed by atoms with Crippen LogP contribution in [-0.4, -0.2) is 28.5 Å². The highest BCUT2D eigenvalue weighted by molar-refractivity contribution is 7.20. The molecule has 7 nitrogen and oxygen atoms in total. The molecule has 0 saturated heterocycles. The van der Waals surface area contributed by atoms with Crippen LogP contribution in [-0.2, 0) is 9.53 Å². The maximum absolute atomic E-state index is 13.1. The number of H-pyrrole nitrogens is 1. The molecule has 0 aliphatic rings. The molecular weight excluding hydrogens is 361 g/mol. The Morgan fingerprint density at radius 3 is 2.85 bits per heavy atom. The molecule has 2 N–H and O–H groups in total. The molecular formula is C17H14FN3O4S. The van der Waals surface area contributed by atoms with Crippen molar-refractivity contribution in [1.29, 1.82) is 0 Å². The molecule has 0 radical (unpaired) electrons. The predicted octanol–water partition coefficient (Wildman–Crippen LogP) is 2.54. The van der Waals surface area contributed by atoms with Gasteiger partial charge in [0.2, 0.25) is 0 Å². The molecule has 2 heterocycles. The smallest absolute Gasteiger partial charge is 0.349 e. The third kappa shape index (κ3) is 3.62. The Kier molecular flexibility index (Phi) is 4.81. The molecule has 0 atom stereocenters. The zero-order valence-electron chi connectivity index (χ0n) is 13.9. The summed E-state index contributed by atoms with van der Waals surface area (Å²) < 4.78 is 18.1. The topological polar surface area (TPSA) is 101 Å². The maximum Gasteiger partial charge on any atom is 0.349 e. The number of rotatable bonds is 4. The van der Waals surface area contributed by atoms with E-state index in [1.165, 1.54) is 18.2 Å². The number of hydrogen-bond acceptors (Lipinski definition) is 6. The molecule has 0 aliphatic heterocycles. The van der Waals surface area contributed by atoms with Gasteiger partial charge in [-0.2, -0.15) is 0 Å². The molecule has 0 bridgehead atoms. The fourth-order valence-electron chi connectivity index (χ4n) is 2.41. The zero-order chi connectivity index (χ0) is 18.8. The second kappa shape index (κ2) is 7.04. The third-order valence-electron chi connectivity index (χ3n) is 3.55. The summed E-state index contributed by atoms with van der Waals surface area (Å²) in [5.41, 5.74) is 0.383. The fraction of sp³-hybridized carbons (Fsp3) is 0.176. The van der Waals surface area contributed by atoms with Crippen LogP contribution in [0.3, 0.4) is 0 Å². The Bertz CT molecular complexity index is 1070. The van der Waals surface area contributed by atoms with Gasteiger partial charge in [0.15, 0.2) is 6.61 Å². The lowest BCUT2D eigenvalue weighted by molar-refractivity contribution is -0.119. The first kappa shape index (κ1) is 17.7. The largest absolute Gasteiger partial charge is 0.451 e. The number of nitrogens with one attached hydrogen (secondary N) is 2. The molecule has 0 saturated carbocycles. The first-order chi connectivity index (χ1) is 12.3. The predicted molar refractivity (Wildman–Crippen MR) is 95.0 cm³/mol. The Hall–Kier alpha value is -3.07. The number of ether oxygens (including phenoxy) is 1. The minimum absolute atomic E-state index is 0.210. The quantitative estimate of drug-likeness (QED) is 0.683. The van der Waals surface area contributed by atoms with Crippen LogP contribution in [0.25, 0.3) is 10.2 Å². The van der Waals surface area contributed by atoms with Crippen molar-refractivity contribution in [3.05, 3.63) is 56.7 Å². The SMILES string of the molecule is Cc1nc2sc(C(=O)OCC(=O)Nc3cccc(F)c3)c(C)c2c(=O)[nH]1. The number of aromatic nitrogens is 2. The maximum atomic E-state index is 13.1. The first-order valence-electron chi connectivity index (χ1n) is 7.57. The first-order valence-corrected chi connectivity index (χ1v) is 8.39. The van der Waals surface area contributed by atoms with Gasteiger partial charge in [-0.25, -0.2) is 14.2 Å². The molecule has 0 unspecified atom stereocenters. The van der Waals surface area contributed by atoms with Gasteiger partial charge in [-0.3, -0.25) is 9.59 Å². The average molecular weight is 375 g/mol. The summed E-state index contributed by atoms with van der Waals surface area (Å²) in [6.45, 7) is 2.73. The van der Waals surface area contributed by atoms with E-state index in [4.69, 9.17) is 4.74 Å². The number of amides is 1. The molecule has 0 aliphatic carbocycles. The number of nitrogens with zero attached hydrogens (tertiary/aromatic N) is 1. The molecule has 9 heteroatoms. The van der Waals surface area contributed by atoms with Crippen molar-refractivity contribution in [2.24, 2.45) is 0 Å². The highest BCUT2D eigenvalue weighted by atomic mass is 32.1. The molecule has 0 fully saturated rings. The Labute approximate surface area is 150 Å². The monoisotopic (exact) mass is 375 g/mol. The Balaban J connectivity index is 1.71. The number of hydrogen-bond donors (Lipinski definition) is 2. The summed E-state index contributed by atoms with van der Waals surface area (Å²) in [6, 6.07) is 5.36. The van der Waals surface area contributed by atoms with E-state index in [0.717, 1.165) is 17.4 Å². The second-order valence-electron chi connectivity index (χ2n) is 5.52. The summed E-state index contributed by atoms with van der Waals surface area (Å²) in [5.74, 6) is -1.38. The summed E-state index contributed by atoms with van der Waals surface area (Å²) in [6.07, 6.45) is 0. The van der Waals surface area contributed by atoms with E-state index in [-0.39, 0.29) is 16.1 Å². The number of anilines is 1. The van der Waals surface area contributed by atoms with Crippen molar-refractivity contribution in [2.75, 3.05) is 11.9 Å². The van der Waals surface area contributed by atoms with Gasteiger partial charge in [-0.15, -0.1) is 11.3 Å². The van der Waals surface area contributed by atoms with Crippen LogP contribution in [0.1, 0.15) is 21.1 Å². The Morgan fingerprint density at radius 1 is 1.35 bits per heavy atom. The number of benzene rings is 1. The highest BCUT2D eigenvalue weighted by Gasteiger charge is 2.20. The van der Waals surface area contributed by atoms with Crippen LogP contribution in [0, 0.1) is 19.7 Å². The molecule has 3 aromatic rings. The molecule has 0 spiro atoms. The van der Waals surface area contributed by atoms with Crippen LogP contribution < -0.4 is 10.9 Å². The zero-order valence-corrected chi connectivity index (χ0v) is 14.7. The highest BCUT2D eigenvalue weighted by Crippen LogP contribution is 2.27. The van der Waals surface area contributed by atoms with E-state index in [0.29, 0.717) is 21.6 Å². The number of carbonyl (C=O) groups is 2. The number of aryl methyl sites for hydroxylation is 2. The summed E-state index contributed by atoms with van der Waals surface area (Å²) in [4.78, 5) is 43.5. The van der Waals surface area contributed by atoms with Crippen molar-refractivity contribution < 1.29 is 18.7 Å². The lowest BCUT2D eigenvalue weighted by Crippen LogP contribution is -2.21.